The van der Waals surface area contributed by atoms with Gasteiger partial charge in [-0.2, -0.15) is 0 Å². The third-order valence-corrected chi connectivity index (χ3v) is 3.73. The number of aromatic nitrogens is 1. The fraction of sp³-hybridized carbons (Fsp3) is 0.235. The monoisotopic (exact) mass is 282 g/mol. The van der Waals surface area contributed by atoms with Gasteiger partial charge in [-0.3, -0.25) is 4.79 Å². The standard InChI is InChI=1S/C17H18N2O2/c1-10-8-14(12(3)21-10)11(2)19-17(20)15-9-18-16-7-5-4-6-13(15)16/h4-9,11,18H,1-3H3,(H,19,20). The third kappa shape index (κ3) is 2.44. The lowest BCUT2D eigenvalue weighted by molar-refractivity contribution is 0.0941. The van der Waals surface area contributed by atoms with Gasteiger partial charge in [0.2, 0.25) is 0 Å². The molecule has 3 aromatic rings. The molecule has 1 amide bonds. The Balaban J connectivity index is 1.84. The summed E-state index contributed by atoms with van der Waals surface area (Å²) in [7, 11) is 0. The van der Waals surface area contributed by atoms with Crippen LogP contribution in [0.5, 0.6) is 0 Å². The average Bonchev–Trinajstić information content (AvgIpc) is 3.01. The predicted molar refractivity (Wildman–Crippen MR) is 82.4 cm³/mol. The lowest BCUT2D eigenvalue weighted by atomic mass is 10.1. The number of H-pyrrole nitrogens is 1. The molecule has 1 aromatic carbocycles. The van der Waals surface area contributed by atoms with Crippen molar-refractivity contribution in [3.63, 3.8) is 0 Å². The van der Waals surface area contributed by atoms with Gasteiger partial charge in [0.15, 0.2) is 0 Å². The van der Waals surface area contributed by atoms with Crippen LogP contribution in [0.3, 0.4) is 0 Å². The van der Waals surface area contributed by atoms with Gasteiger partial charge in [-0.1, -0.05) is 18.2 Å². The predicted octanol–water partition coefficient (Wildman–Crippen LogP) is 3.87. The summed E-state index contributed by atoms with van der Waals surface area (Å²) in [5, 5.41) is 3.96. The molecule has 4 heteroatoms. The smallest absolute Gasteiger partial charge is 0.253 e. The number of aryl methyl sites for hydroxylation is 2. The van der Waals surface area contributed by atoms with E-state index in [1.165, 1.54) is 0 Å². The molecule has 108 valence electrons. The van der Waals surface area contributed by atoms with Gasteiger partial charge in [-0.05, 0) is 32.9 Å². The van der Waals surface area contributed by atoms with Gasteiger partial charge in [0.1, 0.15) is 11.5 Å². The second kappa shape index (κ2) is 5.13. The number of fused-ring (bicyclic) bond motifs is 1. The first-order chi connectivity index (χ1) is 10.1. The van der Waals surface area contributed by atoms with Crippen molar-refractivity contribution in [2.75, 3.05) is 0 Å². The number of benzene rings is 1. The van der Waals surface area contributed by atoms with E-state index in [1.54, 1.807) is 6.20 Å². The number of amides is 1. The molecule has 2 aromatic heterocycles. The van der Waals surface area contributed by atoms with Gasteiger partial charge in [-0.15, -0.1) is 0 Å². The van der Waals surface area contributed by atoms with E-state index in [-0.39, 0.29) is 11.9 Å². The van der Waals surface area contributed by atoms with Crippen LogP contribution in [0.2, 0.25) is 0 Å². The van der Waals surface area contributed by atoms with E-state index in [4.69, 9.17) is 4.42 Å². The third-order valence-electron chi connectivity index (χ3n) is 3.73. The zero-order valence-corrected chi connectivity index (χ0v) is 12.4. The summed E-state index contributed by atoms with van der Waals surface area (Å²) >= 11 is 0. The van der Waals surface area contributed by atoms with Crippen molar-refractivity contribution in [2.24, 2.45) is 0 Å². The number of hydrogen-bond acceptors (Lipinski definition) is 2. The maximum absolute atomic E-state index is 12.5. The number of aromatic amines is 1. The first-order valence-corrected chi connectivity index (χ1v) is 7.00. The number of para-hydroxylation sites is 1. The first-order valence-electron chi connectivity index (χ1n) is 7.00. The molecule has 0 spiro atoms. The summed E-state index contributed by atoms with van der Waals surface area (Å²) in [6.07, 6.45) is 1.75. The fourth-order valence-electron chi connectivity index (χ4n) is 2.69. The Morgan fingerprint density at radius 1 is 1.29 bits per heavy atom. The highest BCUT2D eigenvalue weighted by molar-refractivity contribution is 6.06. The molecule has 0 saturated carbocycles. The summed E-state index contributed by atoms with van der Waals surface area (Å²) in [5.41, 5.74) is 2.64. The maximum Gasteiger partial charge on any atom is 0.253 e. The highest BCUT2D eigenvalue weighted by Crippen LogP contribution is 2.23. The van der Waals surface area contributed by atoms with E-state index >= 15 is 0 Å². The van der Waals surface area contributed by atoms with E-state index < -0.39 is 0 Å². The topological polar surface area (TPSA) is 58.0 Å². The highest BCUT2D eigenvalue weighted by atomic mass is 16.3. The minimum atomic E-state index is -0.0939. The van der Waals surface area contributed by atoms with Crippen LogP contribution in [0.1, 0.15) is 40.4 Å². The largest absolute Gasteiger partial charge is 0.466 e. The molecule has 0 aliphatic heterocycles. The van der Waals surface area contributed by atoms with Gasteiger partial charge in [0.05, 0.1) is 11.6 Å². The molecule has 4 nitrogen and oxygen atoms in total. The number of carbonyl (C=O) groups excluding carboxylic acids is 1. The highest BCUT2D eigenvalue weighted by Gasteiger charge is 2.18. The van der Waals surface area contributed by atoms with Crippen LogP contribution in [-0.4, -0.2) is 10.9 Å². The Morgan fingerprint density at radius 3 is 2.76 bits per heavy atom. The van der Waals surface area contributed by atoms with E-state index in [0.29, 0.717) is 5.56 Å². The molecule has 21 heavy (non-hydrogen) atoms. The van der Waals surface area contributed by atoms with Crippen LogP contribution < -0.4 is 5.32 Å². The Labute approximate surface area is 123 Å². The van der Waals surface area contributed by atoms with E-state index in [2.05, 4.69) is 10.3 Å². The second-order valence-electron chi connectivity index (χ2n) is 5.31. The van der Waals surface area contributed by atoms with Gasteiger partial charge in [-0.25, -0.2) is 0 Å². The van der Waals surface area contributed by atoms with Crippen LogP contribution in [0.25, 0.3) is 10.9 Å². The number of nitrogens with one attached hydrogen (secondary N) is 2. The van der Waals surface area contributed by atoms with Crippen LogP contribution in [0.4, 0.5) is 0 Å². The molecule has 0 fully saturated rings. The van der Waals surface area contributed by atoms with Gasteiger partial charge >= 0.3 is 0 Å². The van der Waals surface area contributed by atoms with Gasteiger partial charge < -0.3 is 14.7 Å². The summed E-state index contributed by atoms with van der Waals surface area (Å²) in [6, 6.07) is 9.65. The lowest BCUT2D eigenvalue weighted by Gasteiger charge is -2.12. The van der Waals surface area contributed by atoms with E-state index in [9.17, 15) is 4.79 Å². The van der Waals surface area contributed by atoms with Crippen molar-refractivity contribution >= 4 is 16.8 Å². The van der Waals surface area contributed by atoms with E-state index in [0.717, 1.165) is 28.0 Å². The van der Waals surface area contributed by atoms with Gasteiger partial charge in [0.25, 0.3) is 5.91 Å². The van der Waals surface area contributed by atoms with E-state index in [1.807, 2.05) is 51.1 Å². The Hall–Kier alpha value is -2.49. The molecule has 1 atom stereocenters. The van der Waals surface area contributed by atoms with Crippen LogP contribution >= 0.6 is 0 Å². The zero-order valence-electron chi connectivity index (χ0n) is 12.4. The lowest BCUT2D eigenvalue weighted by Crippen LogP contribution is -2.26. The summed E-state index contributed by atoms with van der Waals surface area (Å²) in [6.45, 7) is 5.78. The number of hydrogen-bond donors (Lipinski definition) is 2. The van der Waals surface area contributed by atoms with Gasteiger partial charge in [0, 0.05) is 22.7 Å². The van der Waals surface area contributed by atoms with Crippen molar-refractivity contribution in [2.45, 2.75) is 26.8 Å². The molecule has 0 aliphatic rings. The minimum absolute atomic E-state index is 0.0850. The summed E-state index contributed by atoms with van der Waals surface area (Å²) in [5.74, 6) is 1.62. The summed E-state index contributed by atoms with van der Waals surface area (Å²) in [4.78, 5) is 15.6. The number of furan rings is 1. The molecule has 3 rings (SSSR count). The van der Waals surface area contributed by atoms with Crippen LogP contribution in [0, 0.1) is 13.8 Å². The molecule has 2 heterocycles. The average molecular weight is 282 g/mol. The van der Waals surface area contributed by atoms with Crippen molar-refractivity contribution in [1.82, 2.24) is 10.3 Å². The normalized spacial score (nSPS) is 12.5. The molecular weight excluding hydrogens is 264 g/mol. The quantitative estimate of drug-likeness (QED) is 0.766. The SMILES string of the molecule is Cc1cc(C(C)NC(=O)c2c[nH]c3ccccc23)c(C)o1. The Kier molecular flexibility index (Phi) is 3.29. The molecule has 0 aliphatic carbocycles. The van der Waals surface area contributed by atoms with Crippen LogP contribution in [0.15, 0.2) is 40.9 Å². The summed E-state index contributed by atoms with van der Waals surface area (Å²) < 4.78 is 5.52. The Bertz CT molecular complexity index is 798. The number of rotatable bonds is 3. The molecule has 0 radical (unpaired) electrons. The minimum Gasteiger partial charge on any atom is -0.466 e. The molecular formula is C17H18N2O2. The maximum atomic E-state index is 12.5. The zero-order chi connectivity index (χ0) is 15.0. The molecule has 2 N–H and O–H groups in total. The molecule has 0 saturated heterocycles. The Morgan fingerprint density at radius 2 is 2.05 bits per heavy atom. The fourth-order valence-corrected chi connectivity index (χ4v) is 2.69. The van der Waals surface area contributed by atoms with Crippen molar-refractivity contribution in [3.8, 4) is 0 Å². The number of carbonyl (C=O) groups is 1. The second-order valence-corrected chi connectivity index (χ2v) is 5.31. The van der Waals surface area contributed by atoms with Crippen molar-refractivity contribution in [3.05, 3.63) is 59.2 Å². The van der Waals surface area contributed by atoms with Crippen LogP contribution in [-0.2, 0) is 0 Å². The molecule has 1 unspecified atom stereocenters. The van der Waals surface area contributed by atoms with Crippen molar-refractivity contribution < 1.29 is 9.21 Å². The van der Waals surface area contributed by atoms with Crippen molar-refractivity contribution in [1.29, 1.82) is 0 Å². The molecule has 0 bridgehead atoms. The first kappa shape index (κ1) is 13.5.